The predicted octanol–water partition coefficient (Wildman–Crippen LogP) is 0.706. The minimum Gasteiger partial charge on any atom is -0.376 e. The summed E-state index contributed by atoms with van der Waals surface area (Å²) >= 11 is 0. The fourth-order valence-electron chi connectivity index (χ4n) is 3.18. The highest BCUT2D eigenvalue weighted by Crippen LogP contribution is 2.22. The number of amides is 2. The molecule has 2 fully saturated rings. The number of nitrogens with zero attached hydrogens (tertiary/aromatic N) is 1. The van der Waals surface area contributed by atoms with Gasteiger partial charge < -0.3 is 15.4 Å². The second-order valence-electron chi connectivity index (χ2n) is 5.97. The molecule has 7 heteroatoms. The van der Waals surface area contributed by atoms with Crippen molar-refractivity contribution in [2.75, 3.05) is 6.61 Å². The summed E-state index contributed by atoms with van der Waals surface area (Å²) in [6.07, 6.45) is 4.02. The van der Waals surface area contributed by atoms with Crippen molar-refractivity contribution in [1.29, 1.82) is 0 Å². The molecule has 1 aromatic rings. The Kier molecular flexibility index (Phi) is 4.85. The Morgan fingerprint density at radius 1 is 1.48 bits per heavy atom. The Morgan fingerprint density at radius 2 is 2.35 bits per heavy atom. The van der Waals surface area contributed by atoms with Crippen LogP contribution >= 0.6 is 0 Å². The predicted molar refractivity (Wildman–Crippen MR) is 80.0 cm³/mol. The maximum absolute atomic E-state index is 13.6. The number of ether oxygens (including phenoxy) is 1. The highest BCUT2D eigenvalue weighted by atomic mass is 19.1. The van der Waals surface area contributed by atoms with Gasteiger partial charge in [-0.25, -0.2) is 4.39 Å². The first kappa shape index (κ1) is 15.9. The van der Waals surface area contributed by atoms with Gasteiger partial charge in [-0.05, 0) is 31.4 Å². The van der Waals surface area contributed by atoms with Crippen LogP contribution in [0.3, 0.4) is 0 Å². The van der Waals surface area contributed by atoms with Crippen LogP contribution in [-0.2, 0) is 20.7 Å². The molecular weight excluding hydrogens is 301 g/mol. The van der Waals surface area contributed by atoms with Gasteiger partial charge in [0.05, 0.1) is 30.3 Å². The lowest BCUT2D eigenvalue weighted by atomic mass is 9.92. The summed E-state index contributed by atoms with van der Waals surface area (Å²) in [4.78, 5) is 27.8. The number of hydrogen-bond donors (Lipinski definition) is 2. The summed E-state index contributed by atoms with van der Waals surface area (Å²) in [5.41, 5.74) is 0.124. The number of pyridine rings is 1. The van der Waals surface area contributed by atoms with Gasteiger partial charge in [-0.3, -0.25) is 14.6 Å². The van der Waals surface area contributed by atoms with Gasteiger partial charge in [-0.15, -0.1) is 0 Å². The molecule has 3 atom stereocenters. The van der Waals surface area contributed by atoms with E-state index in [0.29, 0.717) is 19.4 Å². The molecule has 124 valence electrons. The van der Waals surface area contributed by atoms with Crippen LogP contribution in [-0.4, -0.2) is 41.6 Å². The van der Waals surface area contributed by atoms with E-state index in [0.717, 1.165) is 12.8 Å². The highest BCUT2D eigenvalue weighted by molar-refractivity contribution is 5.80. The van der Waals surface area contributed by atoms with Gasteiger partial charge in [0.1, 0.15) is 5.82 Å². The Morgan fingerprint density at radius 3 is 3.09 bits per heavy atom. The molecule has 2 aliphatic heterocycles. The van der Waals surface area contributed by atoms with Gasteiger partial charge in [-0.2, -0.15) is 0 Å². The monoisotopic (exact) mass is 321 g/mol. The molecule has 3 unspecified atom stereocenters. The van der Waals surface area contributed by atoms with Crippen LogP contribution in [0.5, 0.6) is 0 Å². The zero-order chi connectivity index (χ0) is 16.2. The van der Waals surface area contributed by atoms with Crippen LogP contribution in [0.4, 0.5) is 4.39 Å². The van der Waals surface area contributed by atoms with Crippen LogP contribution in [0, 0.1) is 5.82 Å². The lowest BCUT2D eigenvalue weighted by Crippen LogP contribution is -2.60. The van der Waals surface area contributed by atoms with Crippen molar-refractivity contribution in [3.63, 3.8) is 0 Å². The van der Waals surface area contributed by atoms with Crippen LogP contribution in [0.2, 0.25) is 0 Å². The van der Waals surface area contributed by atoms with E-state index in [2.05, 4.69) is 15.6 Å². The first-order valence-electron chi connectivity index (χ1n) is 7.93. The molecule has 2 saturated heterocycles. The van der Waals surface area contributed by atoms with E-state index in [9.17, 15) is 14.0 Å². The Labute approximate surface area is 133 Å². The molecule has 2 N–H and O–H groups in total. The molecule has 3 rings (SSSR count). The van der Waals surface area contributed by atoms with Gasteiger partial charge in [0.25, 0.3) is 0 Å². The molecule has 6 nitrogen and oxygen atoms in total. The topological polar surface area (TPSA) is 80.3 Å². The van der Waals surface area contributed by atoms with E-state index in [1.54, 1.807) is 0 Å². The van der Waals surface area contributed by atoms with Crippen molar-refractivity contribution in [3.05, 3.63) is 29.8 Å². The van der Waals surface area contributed by atoms with Crippen LogP contribution < -0.4 is 10.6 Å². The Hall–Kier alpha value is -2.02. The third-order valence-corrected chi connectivity index (χ3v) is 4.32. The smallest absolute Gasteiger partial charge is 0.226 e. The minimum atomic E-state index is -0.490. The Balaban J connectivity index is 1.63. The molecule has 0 bridgehead atoms. The quantitative estimate of drug-likeness (QED) is 0.856. The van der Waals surface area contributed by atoms with Crippen molar-refractivity contribution in [2.24, 2.45) is 0 Å². The van der Waals surface area contributed by atoms with Crippen molar-refractivity contribution < 1.29 is 18.7 Å². The number of aromatic nitrogens is 1. The van der Waals surface area contributed by atoms with Gasteiger partial charge in [0.15, 0.2) is 0 Å². The molecular formula is C16H20FN3O3. The van der Waals surface area contributed by atoms with Gasteiger partial charge in [0.2, 0.25) is 11.8 Å². The molecule has 2 amide bonds. The average molecular weight is 321 g/mol. The third-order valence-electron chi connectivity index (χ3n) is 4.32. The SMILES string of the molecule is O=C(Cc1ncccc1F)NC1CCC(=O)NC1C1CCCO1. The highest BCUT2D eigenvalue weighted by Gasteiger charge is 2.37. The second kappa shape index (κ2) is 7.04. The Bertz CT molecular complexity index is 590. The molecule has 2 aliphatic rings. The van der Waals surface area contributed by atoms with Crippen LogP contribution in [0.25, 0.3) is 0 Å². The van der Waals surface area contributed by atoms with Gasteiger partial charge >= 0.3 is 0 Å². The molecule has 23 heavy (non-hydrogen) atoms. The second-order valence-corrected chi connectivity index (χ2v) is 5.97. The largest absolute Gasteiger partial charge is 0.376 e. The van der Waals surface area contributed by atoms with Gasteiger partial charge in [-0.1, -0.05) is 0 Å². The summed E-state index contributed by atoms with van der Waals surface area (Å²) in [5, 5.41) is 5.82. The standard InChI is InChI=1S/C16H20FN3O3/c17-10-3-1-7-18-12(10)9-15(22)19-11-5-6-14(21)20-16(11)13-4-2-8-23-13/h1,3,7,11,13,16H,2,4-6,8-9H2,(H,19,22)(H,20,21). The maximum atomic E-state index is 13.6. The number of carbonyl (C=O) groups excluding carboxylic acids is 2. The first-order chi connectivity index (χ1) is 11.1. The summed E-state index contributed by atoms with van der Waals surface area (Å²) < 4.78 is 19.2. The molecule has 1 aromatic heterocycles. The van der Waals surface area contributed by atoms with E-state index >= 15 is 0 Å². The molecule has 0 aromatic carbocycles. The summed E-state index contributed by atoms with van der Waals surface area (Å²) in [7, 11) is 0. The number of carbonyl (C=O) groups is 2. The molecule has 0 aliphatic carbocycles. The number of piperidine rings is 1. The molecule has 0 spiro atoms. The van der Waals surface area contributed by atoms with Crippen molar-refractivity contribution in [3.8, 4) is 0 Å². The van der Waals surface area contributed by atoms with Gasteiger partial charge in [0, 0.05) is 19.2 Å². The van der Waals surface area contributed by atoms with E-state index < -0.39 is 5.82 Å². The fourth-order valence-corrected chi connectivity index (χ4v) is 3.18. The number of nitrogens with one attached hydrogen (secondary N) is 2. The molecule has 3 heterocycles. The summed E-state index contributed by atoms with van der Waals surface area (Å²) in [5.74, 6) is -0.811. The normalized spacial score (nSPS) is 27.5. The maximum Gasteiger partial charge on any atom is 0.226 e. The summed E-state index contributed by atoms with van der Waals surface area (Å²) in [6, 6.07) is 2.35. The molecule has 0 saturated carbocycles. The zero-order valence-electron chi connectivity index (χ0n) is 12.8. The third kappa shape index (κ3) is 3.85. The van der Waals surface area contributed by atoms with E-state index in [-0.39, 0.29) is 42.1 Å². The zero-order valence-corrected chi connectivity index (χ0v) is 12.8. The van der Waals surface area contributed by atoms with E-state index in [4.69, 9.17) is 4.74 Å². The van der Waals surface area contributed by atoms with Crippen LogP contribution in [0.1, 0.15) is 31.4 Å². The first-order valence-corrected chi connectivity index (χ1v) is 7.93. The fraction of sp³-hybridized carbons (Fsp3) is 0.562. The average Bonchev–Trinajstić information content (AvgIpc) is 3.05. The van der Waals surface area contributed by atoms with E-state index in [1.807, 2.05) is 0 Å². The number of rotatable bonds is 4. The van der Waals surface area contributed by atoms with Crippen LogP contribution in [0.15, 0.2) is 18.3 Å². The molecule has 0 radical (unpaired) electrons. The van der Waals surface area contributed by atoms with Crippen molar-refractivity contribution in [1.82, 2.24) is 15.6 Å². The van der Waals surface area contributed by atoms with E-state index in [1.165, 1.54) is 18.3 Å². The van der Waals surface area contributed by atoms with Crippen molar-refractivity contribution >= 4 is 11.8 Å². The number of halogens is 1. The lowest BCUT2D eigenvalue weighted by Gasteiger charge is -2.36. The number of hydrogen-bond acceptors (Lipinski definition) is 4. The van der Waals surface area contributed by atoms with Crippen molar-refractivity contribution in [2.45, 2.75) is 50.3 Å². The lowest BCUT2D eigenvalue weighted by molar-refractivity contribution is -0.128. The minimum absolute atomic E-state index is 0.0215. The summed E-state index contributed by atoms with van der Waals surface area (Å²) in [6.45, 7) is 0.677.